The molecule has 1 aromatic heterocycles. The first-order chi connectivity index (χ1) is 7.58. The number of aromatic amines is 1. The molecule has 0 aliphatic carbocycles. The van der Waals surface area contributed by atoms with E-state index in [1.54, 1.807) is 38.4 Å². The quantitative estimate of drug-likeness (QED) is 0.890. The summed E-state index contributed by atoms with van der Waals surface area (Å²) in [6.07, 6.45) is 1.74. The minimum atomic E-state index is -3.14. The maximum absolute atomic E-state index is 11.7. The molecule has 2 rings (SSSR count). The SMILES string of the molecule is CCS(=O)(=O)c1ccc2c(OC)[nH]cc2c1. The third-order valence-electron chi connectivity index (χ3n) is 2.57. The predicted octanol–water partition coefficient (Wildman–Crippen LogP) is 1.97. The van der Waals surface area contributed by atoms with E-state index in [0.29, 0.717) is 10.8 Å². The lowest BCUT2D eigenvalue weighted by atomic mass is 10.2. The number of aromatic nitrogens is 1. The fourth-order valence-electron chi connectivity index (χ4n) is 1.62. The number of benzene rings is 1. The minimum absolute atomic E-state index is 0.111. The molecule has 4 nitrogen and oxygen atoms in total. The fourth-order valence-corrected chi connectivity index (χ4v) is 2.53. The van der Waals surface area contributed by atoms with Crippen molar-refractivity contribution in [1.82, 2.24) is 4.98 Å². The number of H-pyrrole nitrogens is 1. The highest BCUT2D eigenvalue weighted by Gasteiger charge is 2.13. The summed E-state index contributed by atoms with van der Waals surface area (Å²) in [5, 5.41) is 1.73. The van der Waals surface area contributed by atoms with Crippen LogP contribution in [-0.2, 0) is 9.84 Å². The van der Waals surface area contributed by atoms with Crippen LogP contribution in [0.2, 0.25) is 0 Å². The topological polar surface area (TPSA) is 59.2 Å². The zero-order valence-corrected chi connectivity index (χ0v) is 9.97. The van der Waals surface area contributed by atoms with Gasteiger partial charge in [0.05, 0.1) is 17.8 Å². The van der Waals surface area contributed by atoms with Gasteiger partial charge in [0.25, 0.3) is 0 Å². The van der Waals surface area contributed by atoms with Crippen LogP contribution in [0.15, 0.2) is 29.3 Å². The molecule has 0 saturated heterocycles. The van der Waals surface area contributed by atoms with Gasteiger partial charge in [-0.1, -0.05) is 6.92 Å². The summed E-state index contributed by atoms with van der Waals surface area (Å²) in [6.45, 7) is 1.64. The van der Waals surface area contributed by atoms with Gasteiger partial charge in [0.15, 0.2) is 15.7 Å². The number of ether oxygens (including phenoxy) is 1. The first kappa shape index (κ1) is 11.0. The van der Waals surface area contributed by atoms with Crippen molar-refractivity contribution in [3.05, 3.63) is 24.4 Å². The standard InChI is InChI=1S/C11H13NO3S/c1-3-16(13,14)9-4-5-10-8(6-9)7-12-11(10)15-2/h4-7,12H,3H2,1-2H3. The molecule has 16 heavy (non-hydrogen) atoms. The van der Waals surface area contributed by atoms with Gasteiger partial charge < -0.3 is 9.72 Å². The Bertz CT molecular complexity index is 613. The molecule has 5 heteroatoms. The van der Waals surface area contributed by atoms with Crippen LogP contribution in [0.4, 0.5) is 0 Å². The number of methoxy groups -OCH3 is 1. The van der Waals surface area contributed by atoms with E-state index >= 15 is 0 Å². The predicted molar refractivity (Wildman–Crippen MR) is 62.6 cm³/mol. The van der Waals surface area contributed by atoms with Crippen molar-refractivity contribution in [2.45, 2.75) is 11.8 Å². The van der Waals surface area contributed by atoms with Gasteiger partial charge in [-0.25, -0.2) is 8.42 Å². The van der Waals surface area contributed by atoms with Crippen LogP contribution in [0, 0.1) is 0 Å². The monoisotopic (exact) mass is 239 g/mol. The van der Waals surface area contributed by atoms with Crippen molar-refractivity contribution < 1.29 is 13.2 Å². The van der Waals surface area contributed by atoms with Crippen molar-refractivity contribution in [2.24, 2.45) is 0 Å². The molecule has 0 unspecified atom stereocenters. The summed E-state index contributed by atoms with van der Waals surface area (Å²) >= 11 is 0. The Morgan fingerprint density at radius 3 is 2.75 bits per heavy atom. The lowest BCUT2D eigenvalue weighted by Gasteiger charge is -2.01. The van der Waals surface area contributed by atoms with Crippen LogP contribution in [-0.4, -0.2) is 26.3 Å². The molecule has 0 amide bonds. The molecule has 0 radical (unpaired) electrons. The van der Waals surface area contributed by atoms with E-state index in [2.05, 4.69) is 4.98 Å². The number of hydrogen-bond acceptors (Lipinski definition) is 3. The van der Waals surface area contributed by atoms with Crippen LogP contribution < -0.4 is 4.74 Å². The number of nitrogens with one attached hydrogen (secondary N) is 1. The van der Waals surface area contributed by atoms with Gasteiger partial charge in [-0.2, -0.15) is 0 Å². The Hall–Kier alpha value is -1.49. The average Bonchev–Trinajstić information content (AvgIpc) is 2.70. The van der Waals surface area contributed by atoms with Gasteiger partial charge >= 0.3 is 0 Å². The number of sulfone groups is 1. The summed E-state index contributed by atoms with van der Waals surface area (Å²) in [7, 11) is -1.57. The van der Waals surface area contributed by atoms with E-state index in [9.17, 15) is 8.42 Å². The van der Waals surface area contributed by atoms with Crippen LogP contribution in [0.1, 0.15) is 6.92 Å². The summed E-state index contributed by atoms with van der Waals surface area (Å²) in [5.41, 5.74) is 0. The van der Waals surface area contributed by atoms with Crippen LogP contribution in [0.25, 0.3) is 10.8 Å². The Kier molecular flexibility index (Phi) is 2.63. The lowest BCUT2D eigenvalue weighted by Crippen LogP contribution is -2.02. The summed E-state index contributed by atoms with van der Waals surface area (Å²) in [4.78, 5) is 3.29. The van der Waals surface area contributed by atoms with Crippen molar-refractivity contribution in [3.63, 3.8) is 0 Å². The van der Waals surface area contributed by atoms with E-state index in [0.717, 1.165) is 10.8 Å². The Morgan fingerprint density at radius 2 is 2.12 bits per heavy atom. The van der Waals surface area contributed by atoms with Gasteiger partial charge in [-0.15, -0.1) is 0 Å². The molecule has 0 fully saturated rings. The molecule has 0 bridgehead atoms. The minimum Gasteiger partial charge on any atom is -0.482 e. The molecule has 0 spiro atoms. The molecular formula is C11H13NO3S. The van der Waals surface area contributed by atoms with Gasteiger partial charge in [0.1, 0.15) is 0 Å². The second-order valence-electron chi connectivity index (χ2n) is 3.47. The molecule has 0 atom stereocenters. The third kappa shape index (κ3) is 1.67. The van der Waals surface area contributed by atoms with E-state index in [-0.39, 0.29) is 5.75 Å². The number of hydrogen-bond donors (Lipinski definition) is 1. The summed E-state index contributed by atoms with van der Waals surface area (Å²) in [5.74, 6) is 0.760. The number of rotatable bonds is 3. The molecule has 0 aliphatic rings. The zero-order chi connectivity index (χ0) is 11.8. The second-order valence-corrected chi connectivity index (χ2v) is 5.75. The zero-order valence-electron chi connectivity index (χ0n) is 9.15. The molecule has 1 aromatic carbocycles. The molecule has 0 aliphatic heterocycles. The average molecular weight is 239 g/mol. The largest absolute Gasteiger partial charge is 0.482 e. The Morgan fingerprint density at radius 1 is 1.38 bits per heavy atom. The maximum atomic E-state index is 11.7. The van der Waals surface area contributed by atoms with E-state index in [1.165, 1.54) is 0 Å². The van der Waals surface area contributed by atoms with Crippen molar-refractivity contribution in [2.75, 3.05) is 12.9 Å². The number of fused-ring (bicyclic) bond motifs is 1. The van der Waals surface area contributed by atoms with Crippen LogP contribution in [0.3, 0.4) is 0 Å². The molecular weight excluding hydrogens is 226 g/mol. The van der Waals surface area contributed by atoms with Gasteiger partial charge in [0, 0.05) is 17.0 Å². The maximum Gasteiger partial charge on any atom is 0.198 e. The molecule has 1 N–H and O–H groups in total. The first-order valence-corrected chi connectivity index (χ1v) is 6.61. The van der Waals surface area contributed by atoms with Crippen LogP contribution >= 0.6 is 0 Å². The fraction of sp³-hybridized carbons (Fsp3) is 0.273. The Labute approximate surface area is 94.2 Å². The first-order valence-electron chi connectivity index (χ1n) is 4.96. The van der Waals surface area contributed by atoms with E-state index < -0.39 is 9.84 Å². The highest BCUT2D eigenvalue weighted by molar-refractivity contribution is 7.91. The summed E-state index contributed by atoms with van der Waals surface area (Å²) in [6, 6.07) is 5.03. The molecule has 2 aromatic rings. The highest BCUT2D eigenvalue weighted by atomic mass is 32.2. The normalized spacial score (nSPS) is 11.9. The highest BCUT2D eigenvalue weighted by Crippen LogP contribution is 2.27. The lowest BCUT2D eigenvalue weighted by molar-refractivity contribution is 0.405. The third-order valence-corrected chi connectivity index (χ3v) is 4.30. The van der Waals surface area contributed by atoms with Gasteiger partial charge in [-0.05, 0) is 18.2 Å². The van der Waals surface area contributed by atoms with Gasteiger partial charge in [-0.3, -0.25) is 0 Å². The van der Waals surface area contributed by atoms with Gasteiger partial charge in [0.2, 0.25) is 0 Å². The van der Waals surface area contributed by atoms with Crippen molar-refractivity contribution in [1.29, 1.82) is 0 Å². The van der Waals surface area contributed by atoms with Crippen LogP contribution in [0.5, 0.6) is 5.88 Å². The molecule has 0 saturated carbocycles. The Balaban J connectivity index is 2.62. The van der Waals surface area contributed by atoms with E-state index in [1.807, 2.05) is 0 Å². The molecule has 1 heterocycles. The van der Waals surface area contributed by atoms with Crippen molar-refractivity contribution >= 4 is 20.6 Å². The van der Waals surface area contributed by atoms with Crippen molar-refractivity contribution in [3.8, 4) is 5.88 Å². The smallest absolute Gasteiger partial charge is 0.198 e. The van der Waals surface area contributed by atoms with E-state index in [4.69, 9.17) is 4.74 Å². The summed E-state index contributed by atoms with van der Waals surface area (Å²) < 4.78 is 28.5. The molecule has 86 valence electrons. The second kappa shape index (κ2) is 3.83.